The molecule has 0 radical (unpaired) electrons. The van der Waals surface area contributed by atoms with E-state index in [1.807, 2.05) is 26.8 Å². The van der Waals surface area contributed by atoms with Crippen LogP contribution in [0.5, 0.6) is 0 Å². The lowest BCUT2D eigenvalue weighted by Gasteiger charge is -2.32. The first kappa shape index (κ1) is 17.3. The number of ether oxygens (including phenoxy) is 1. The van der Waals surface area contributed by atoms with Gasteiger partial charge in [0.15, 0.2) is 0 Å². The Morgan fingerprint density at radius 2 is 1.91 bits per heavy atom. The first-order chi connectivity index (χ1) is 10.8. The van der Waals surface area contributed by atoms with Crippen molar-refractivity contribution in [3.05, 3.63) is 35.9 Å². The molecule has 1 aromatic rings. The molecule has 0 aromatic heterocycles. The smallest absolute Gasteiger partial charge is 0.407 e. The van der Waals surface area contributed by atoms with Crippen molar-refractivity contribution >= 4 is 12.1 Å². The third kappa shape index (κ3) is 5.90. The molecule has 0 bridgehead atoms. The maximum atomic E-state index is 12.1. The number of piperidine rings is 1. The summed E-state index contributed by atoms with van der Waals surface area (Å²) in [6, 6.07) is 8.76. The van der Waals surface area contributed by atoms with E-state index in [0.29, 0.717) is 18.7 Å². The van der Waals surface area contributed by atoms with E-state index in [2.05, 4.69) is 5.32 Å². The van der Waals surface area contributed by atoms with Crippen LogP contribution in [-0.4, -0.2) is 41.9 Å². The minimum Gasteiger partial charge on any atom is -0.444 e. The normalized spacial score (nSPS) is 19.0. The number of amides is 1. The molecule has 1 atom stereocenters. The number of benzene rings is 1. The fourth-order valence-corrected chi connectivity index (χ4v) is 2.36. The quantitative estimate of drug-likeness (QED) is 0.927. The highest BCUT2D eigenvalue weighted by molar-refractivity contribution is 5.89. The van der Waals surface area contributed by atoms with Gasteiger partial charge in [0, 0.05) is 12.6 Å². The molecule has 1 N–H and O–H groups in total. The monoisotopic (exact) mass is 320 g/mol. The van der Waals surface area contributed by atoms with Crippen molar-refractivity contribution in [2.45, 2.75) is 45.3 Å². The van der Waals surface area contributed by atoms with Crippen molar-refractivity contribution in [3.63, 3.8) is 0 Å². The second-order valence-electron chi connectivity index (χ2n) is 6.62. The van der Waals surface area contributed by atoms with Gasteiger partial charge in [0.25, 0.3) is 0 Å². The van der Waals surface area contributed by atoms with Gasteiger partial charge in [0.1, 0.15) is 5.60 Å². The van der Waals surface area contributed by atoms with E-state index in [-0.39, 0.29) is 12.0 Å². The molecular weight excluding hydrogens is 296 g/mol. The van der Waals surface area contributed by atoms with Crippen LogP contribution in [0.15, 0.2) is 30.3 Å². The van der Waals surface area contributed by atoms with Gasteiger partial charge >= 0.3 is 12.1 Å². The molecule has 0 spiro atoms. The minimum absolute atomic E-state index is 0.0952. The first-order valence-corrected chi connectivity index (χ1v) is 7.85. The maximum absolute atomic E-state index is 12.1. The number of hydrogen-bond donors (Lipinski definition) is 1. The number of rotatable bonds is 3. The number of nitrogens with zero attached hydrogens (tertiary/aromatic N) is 1. The molecule has 2 rings (SSSR count). The van der Waals surface area contributed by atoms with Crippen molar-refractivity contribution < 1.29 is 19.2 Å². The number of carbonyl (C=O) groups is 2. The molecule has 0 saturated carbocycles. The highest BCUT2D eigenvalue weighted by Crippen LogP contribution is 2.14. The second-order valence-corrected chi connectivity index (χ2v) is 6.62. The molecule has 6 heteroatoms. The Kier molecular flexibility index (Phi) is 5.60. The van der Waals surface area contributed by atoms with Crippen LogP contribution < -0.4 is 5.32 Å². The van der Waals surface area contributed by atoms with Crippen LogP contribution in [0, 0.1) is 0 Å². The van der Waals surface area contributed by atoms with Crippen LogP contribution in [0.1, 0.15) is 44.0 Å². The lowest BCUT2D eigenvalue weighted by molar-refractivity contribution is -0.124. The highest BCUT2D eigenvalue weighted by Gasteiger charge is 2.26. The molecule has 1 amide bonds. The predicted molar refractivity (Wildman–Crippen MR) is 85.8 cm³/mol. The van der Waals surface area contributed by atoms with Crippen molar-refractivity contribution in [3.8, 4) is 0 Å². The zero-order valence-electron chi connectivity index (χ0n) is 13.9. The maximum Gasteiger partial charge on any atom is 0.407 e. The molecule has 1 fully saturated rings. The molecule has 1 aliphatic heterocycles. The fraction of sp³-hybridized carbons (Fsp3) is 0.529. The molecule has 1 unspecified atom stereocenters. The molecule has 1 saturated heterocycles. The molecule has 0 aliphatic carbocycles. The van der Waals surface area contributed by atoms with Gasteiger partial charge in [0.05, 0.1) is 12.1 Å². The Morgan fingerprint density at radius 1 is 1.22 bits per heavy atom. The van der Waals surface area contributed by atoms with Crippen molar-refractivity contribution in [1.82, 2.24) is 10.4 Å². The molecule has 1 heterocycles. The number of nitrogens with one attached hydrogen (secondary N) is 1. The summed E-state index contributed by atoms with van der Waals surface area (Å²) in [6.07, 6.45) is 1.22. The SMILES string of the molecule is CC(C)(C)OC(=O)NC1CCCN(OC(=O)c2ccccc2)C1. The van der Waals surface area contributed by atoms with Gasteiger partial charge in [-0.25, -0.2) is 9.59 Å². The molecule has 23 heavy (non-hydrogen) atoms. The average molecular weight is 320 g/mol. The van der Waals surface area contributed by atoms with E-state index >= 15 is 0 Å². The molecule has 6 nitrogen and oxygen atoms in total. The van der Waals surface area contributed by atoms with Gasteiger partial charge in [-0.2, -0.15) is 0 Å². The van der Waals surface area contributed by atoms with E-state index in [1.165, 1.54) is 0 Å². The van der Waals surface area contributed by atoms with E-state index in [1.54, 1.807) is 29.3 Å². The lowest BCUT2D eigenvalue weighted by Crippen LogP contribution is -2.49. The largest absolute Gasteiger partial charge is 0.444 e. The van der Waals surface area contributed by atoms with Crippen molar-refractivity contribution in [2.75, 3.05) is 13.1 Å². The Hall–Kier alpha value is -2.08. The summed E-state index contributed by atoms with van der Waals surface area (Å²) in [6.45, 7) is 6.58. The second kappa shape index (κ2) is 7.46. The average Bonchev–Trinajstić information content (AvgIpc) is 2.46. The van der Waals surface area contributed by atoms with Crippen molar-refractivity contribution in [1.29, 1.82) is 0 Å². The summed E-state index contributed by atoms with van der Waals surface area (Å²) in [5.41, 5.74) is -0.0205. The number of carbonyl (C=O) groups excluding carboxylic acids is 2. The van der Waals surface area contributed by atoms with Crippen molar-refractivity contribution in [2.24, 2.45) is 0 Å². The summed E-state index contributed by atoms with van der Waals surface area (Å²) in [5.74, 6) is -0.386. The molecule has 126 valence electrons. The van der Waals surface area contributed by atoms with Gasteiger partial charge in [-0.3, -0.25) is 0 Å². The van der Waals surface area contributed by atoms with E-state index in [9.17, 15) is 9.59 Å². The van der Waals surface area contributed by atoms with Gasteiger partial charge in [-0.05, 0) is 45.7 Å². The minimum atomic E-state index is -0.530. The number of alkyl carbamates (subject to hydrolysis) is 1. The third-order valence-corrected chi connectivity index (χ3v) is 3.33. The summed E-state index contributed by atoms with van der Waals surface area (Å²) in [4.78, 5) is 29.3. The zero-order chi connectivity index (χ0) is 16.9. The first-order valence-electron chi connectivity index (χ1n) is 7.85. The van der Waals surface area contributed by atoms with Crippen LogP contribution in [0.3, 0.4) is 0 Å². The highest BCUT2D eigenvalue weighted by atomic mass is 16.7. The summed E-state index contributed by atoms with van der Waals surface area (Å²) >= 11 is 0. The topological polar surface area (TPSA) is 67.9 Å². The summed E-state index contributed by atoms with van der Waals surface area (Å²) < 4.78 is 5.25. The number of hydrogen-bond acceptors (Lipinski definition) is 5. The molecule has 1 aliphatic rings. The van der Waals surface area contributed by atoms with Gasteiger partial charge in [0.2, 0.25) is 0 Å². The van der Waals surface area contributed by atoms with Crippen LogP contribution >= 0.6 is 0 Å². The van der Waals surface area contributed by atoms with E-state index in [4.69, 9.17) is 9.57 Å². The van der Waals surface area contributed by atoms with Crippen LogP contribution in [0.4, 0.5) is 4.79 Å². The lowest BCUT2D eigenvalue weighted by atomic mass is 10.1. The summed E-state index contributed by atoms with van der Waals surface area (Å²) in [7, 11) is 0. The van der Waals surface area contributed by atoms with Crippen LogP contribution in [0.2, 0.25) is 0 Å². The third-order valence-electron chi connectivity index (χ3n) is 3.33. The number of hydroxylamine groups is 2. The van der Waals surface area contributed by atoms with E-state index in [0.717, 1.165) is 12.8 Å². The fourth-order valence-electron chi connectivity index (χ4n) is 2.36. The zero-order valence-corrected chi connectivity index (χ0v) is 13.9. The Balaban J connectivity index is 1.84. The standard InChI is InChI=1S/C17H24N2O4/c1-17(2,3)22-16(21)18-14-10-7-11-19(12-14)23-15(20)13-8-5-4-6-9-13/h4-6,8-9,14H,7,10-12H2,1-3H3,(H,18,21). The Labute approximate surface area is 136 Å². The molecular formula is C17H24N2O4. The predicted octanol–water partition coefficient (Wildman–Crippen LogP) is 2.75. The van der Waals surface area contributed by atoms with Gasteiger partial charge in [-0.1, -0.05) is 18.2 Å². The van der Waals surface area contributed by atoms with Gasteiger partial charge in [-0.15, -0.1) is 5.06 Å². The van der Waals surface area contributed by atoms with Gasteiger partial charge < -0.3 is 14.9 Å². The van der Waals surface area contributed by atoms with E-state index < -0.39 is 11.7 Å². The molecule has 1 aromatic carbocycles. The summed E-state index contributed by atoms with van der Waals surface area (Å²) in [5, 5.41) is 4.42. The Bertz CT molecular complexity index is 539. The van der Waals surface area contributed by atoms with Crippen LogP contribution in [-0.2, 0) is 9.57 Å². The Morgan fingerprint density at radius 3 is 2.57 bits per heavy atom. The van der Waals surface area contributed by atoms with Crippen LogP contribution in [0.25, 0.3) is 0 Å².